The fraction of sp³-hybridized carbons (Fsp3) is 0.182. The number of aryl methyl sites for hydroxylation is 1. The number of benzene rings is 2. The van der Waals surface area contributed by atoms with Crippen LogP contribution in [0.15, 0.2) is 75.8 Å². The number of hydrogen-bond acceptors (Lipinski definition) is 6. The smallest absolute Gasteiger partial charge is 0.227 e. The molecule has 4 rings (SSSR count). The largest absolute Gasteiger partial charge is 0.356 e. The number of carbonyl (C=O) groups is 1. The fourth-order valence-electron chi connectivity index (χ4n) is 2.89. The highest BCUT2D eigenvalue weighted by atomic mass is 16.5. The summed E-state index contributed by atoms with van der Waals surface area (Å²) in [5.41, 5.74) is 2.45. The summed E-state index contributed by atoms with van der Waals surface area (Å²) in [7, 11) is 0. The number of hydrogen-bond donors (Lipinski definition) is 1. The zero-order valence-corrected chi connectivity index (χ0v) is 15.7. The highest BCUT2D eigenvalue weighted by Crippen LogP contribution is 2.20. The van der Waals surface area contributed by atoms with E-state index in [-0.39, 0.29) is 12.3 Å². The van der Waals surface area contributed by atoms with E-state index in [0.29, 0.717) is 42.6 Å². The first kappa shape index (κ1) is 18.6. The average Bonchev–Trinajstić information content (AvgIpc) is 3.42. The molecule has 29 heavy (non-hydrogen) atoms. The molecule has 0 spiro atoms. The van der Waals surface area contributed by atoms with Gasteiger partial charge in [-0.25, -0.2) is 0 Å². The highest BCUT2D eigenvalue weighted by molar-refractivity contribution is 5.78. The quantitative estimate of drug-likeness (QED) is 0.463. The molecule has 2 heterocycles. The average molecular weight is 388 g/mol. The van der Waals surface area contributed by atoms with E-state index >= 15 is 0 Å². The molecule has 0 atom stereocenters. The number of rotatable bonds is 8. The Bertz CT molecular complexity index is 1060. The van der Waals surface area contributed by atoms with Crippen LogP contribution in [-0.4, -0.2) is 27.7 Å². The third kappa shape index (κ3) is 4.95. The second-order valence-electron chi connectivity index (χ2n) is 6.56. The molecular formula is C22H20N4O3. The molecule has 0 aliphatic heterocycles. The zero-order chi connectivity index (χ0) is 19.9. The van der Waals surface area contributed by atoms with Gasteiger partial charge in [0.25, 0.3) is 0 Å². The van der Waals surface area contributed by atoms with Crippen LogP contribution in [0.25, 0.3) is 22.7 Å². The van der Waals surface area contributed by atoms with E-state index in [0.717, 1.165) is 11.1 Å². The molecule has 0 aliphatic rings. The van der Waals surface area contributed by atoms with E-state index < -0.39 is 0 Å². The van der Waals surface area contributed by atoms with Crippen molar-refractivity contribution >= 4 is 5.91 Å². The van der Waals surface area contributed by atoms with Crippen LogP contribution in [0.4, 0.5) is 0 Å². The van der Waals surface area contributed by atoms with Gasteiger partial charge in [0, 0.05) is 30.2 Å². The highest BCUT2D eigenvalue weighted by Gasteiger charge is 2.11. The van der Waals surface area contributed by atoms with Gasteiger partial charge in [0.2, 0.25) is 17.6 Å². The van der Waals surface area contributed by atoms with Crippen LogP contribution in [-0.2, 0) is 17.6 Å². The van der Waals surface area contributed by atoms with Gasteiger partial charge >= 0.3 is 0 Å². The van der Waals surface area contributed by atoms with Gasteiger partial charge in [-0.05, 0) is 6.42 Å². The lowest BCUT2D eigenvalue weighted by atomic mass is 10.1. The summed E-state index contributed by atoms with van der Waals surface area (Å²) in [6.07, 6.45) is 1.48. The fourth-order valence-corrected chi connectivity index (χ4v) is 2.89. The van der Waals surface area contributed by atoms with Gasteiger partial charge in [0.15, 0.2) is 5.76 Å². The molecule has 0 saturated heterocycles. The van der Waals surface area contributed by atoms with E-state index in [1.165, 1.54) is 0 Å². The van der Waals surface area contributed by atoms with Gasteiger partial charge < -0.3 is 14.4 Å². The minimum atomic E-state index is -0.103. The lowest BCUT2D eigenvalue weighted by Crippen LogP contribution is -2.26. The Balaban J connectivity index is 1.21. The molecule has 2 aromatic carbocycles. The number of amides is 1. The third-order valence-electron chi connectivity index (χ3n) is 4.35. The Morgan fingerprint density at radius 1 is 0.897 bits per heavy atom. The molecule has 2 aromatic heterocycles. The van der Waals surface area contributed by atoms with E-state index in [9.17, 15) is 4.79 Å². The van der Waals surface area contributed by atoms with Crippen LogP contribution >= 0.6 is 0 Å². The van der Waals surface area contributed by atoms with Crippen molar-refractivity contribution < 1.29 is 13.8 Å². The molecular weight excluding hydrogens is 368 g/mol. The van der Waals surface area contributed by atoms with Crippen molar-refractivity contribution in [2.45, 2.75) is 19.3 Å². The lowest BCUT2D eigenvalue weighted by Gasteiger charge is -2.01. The lowest BCUT2D eigenvalue weighted by molar-refractivity contribution is -0.120. The SMILES string of the molecule is O=C(Cc1cc(-c2ccccc2)on1)NCCCc1nc(-c2ccccc2)no1. The maximum absolute atomic E-state index is 12.1. The van der Waals surface area contributed by atoms with Crippen LogP contribution in [0, 0.1) is 0 Å². The monoisotopic (exact) mass is 388 g/mol. The van der Waals surface area contributed by atoms with Crippen LogP contribution in [0.5, 0.6) is 0 Å². The predicted octanol–water partition coefficient (Wildman–Crippen LogP) is 3.68. The molecule has 0 saturated carbocycles. The molecule has 4 aromatic rings. The summed E-state index contributed by atoms with van der Waals surface area (Å²) in [4.78, 5) is 16.5. The minimum Gasteiger partial charge on any atom is -0.356 e. The van der Waals surface area contributed by atoms with Gasteiger partial charge in [0.05, 0.1) is 12.1 Å². The summed E-state index contributed by atoms with van der Waals surface area (Å²) in [6, 6.07) is 21.1. The topological polar surface area (TPSA) is 94.1 Å². The molecule has 146 valence electrons. The van der Waals surface area contributed by atoms with E-state index in [1.54, 1.807) is 6.07 Å². The number of carbonyl (C=O) groups excluding carboxylic acids is 1. The van der Waals surface area contributed by atoms with Gasteiger partial charge in [-0.1, -0.05) is 71.0 Å². The molecule has 0 aliphatic carbocycles. The Kier molecular flexibility index (Phi) is 5.76. The third-order valence-corrected chi connectivity index (χ3v) is 4.35. The second kappa shape index (κ2) is 8.97. The van der Waals surface area contributed by atoms with Gasteiger partial charge in [-0.2, -0.15) is 4.98 Å². The van der Waals surface area contributed by atoms with E-state index in [1.807, 2.05) is 60.7 Å². The van der Waals surface area contributed by atoms with Gasteiger partial charge in [-0.15, -0.1) is 0 Å². The maximum atomic E-state index is 12.1. The standard InChI is InChI=1S/C22H20N4O3/c27-20(15-18-14-19(28-25-18)16-8-3-1-4-9-16)23-13-7-12-21-24-22(26-29-21)17-10-5-2-6-11-17/h1-6,8-11,14H,7,12-13,15H2,(H,23,27). The minimum absolute atomic E-state index is 0.103. The van der Waals surface area contributed by atoms with E-state index in [4.69, 9.17) is 9.05 Å². The first-order valence-electron chi connectivity index (χ1n) is 9.43. The molecule has 7 nitrogen and oxygen atoms in total. The molecule has 7 heteroatoms. The van der Waals surface area contributed by atoms with Crippen molar-refractivity contribution in [3.63, 3.8) is 0 Å². The molecule has 0 fully saturated rings. The molecule has 1 amide bonds. The Morgan fingerprint density at radius 3 is 2.38 bits per heavy atom. The Labute approximate surface area is 167 Å². The van der Waals surface area contributed by atoms with Crippen molar-refractivity contribution in [1.82, 2.24) is 20.6 Å². The molecule has 1 N–H and O–H groups in total. The summed E-state index contributed by atoms with van der Waals surface area (Å²) in [5, 5.41) is 10.8. The Morgan fingerprint density at radius 2 is 1.62 bits per heavy atom. The van der Waals surface area contributed by atoms with E-state index in [2.05, 4.69) is 20.6 Å². The van der Waals surface area contributed by atoms with Crippen molar-refractivity contribution in [1.29, 1.82) is 0 Å². The second-order valence-corrected chi connectivity index (χ2v) is 6.56. The van der Waals surface area contributed by atoms with Crippen LogP contribution in [0.2, 0.25) is 0 Å². The van der Waals surface area contributed by atoms with Crippen molar-refractivity contribution in [2.75, 3.05) is 6.54 Å². The summed E-state index contributed by atoms with van der Waals surface area (Å²) >= 11 is 0. The van der Waals surface area contributed by atoms with Crippen LogP contribution in [0.1, 0.15) is 18.0 Å². The summed E-state index contributed by atoms with van der Waals surface area (Å²) in [5.74, 6) is 1.68. The van der Waals surface area contributed by atoms with Crippen molar-refractivity contribution in [2.24, 2.45) is 0 Å². The Hall–Kier alpha value is -3.74. The number of aromatic nitrogens is 3. The number of nitrogens with one attached hydrogen (secondary N) is 1. The predicted molar refractivity (Wildman–Crippen MR) is 107 cm³/mol. The maximum Gasteiger partial charge on any atom is 0.227 e. The summed E-state index contributed by atoms with van der Waals surface area (Å²) in [6.45, 7) is 0.519. The normalized spacial score (nSPS) is 10.8. The van der Waals surface area contributed by atoms with Crippen LogP contribution in [0.3, 0.4) is 0 Å². The van der Waals surface area contributed by atoms with Crippen molar-refractivity contribution in [3.8, 4) is 22.7 Å². The molecule has 0 unspecified atom stereocenters. The molecule has 0 bridgehead atoms. The van der Waals surface area contributed by atoms with Crippen LogP contribution < -0.4 is 5.32 Å². The van der Waals surface area contributed by atoms with Gasteiger partial charge in [-0.3, -0.25) is 4.79 Å². The first-order chi connectivity index (χ1) is 14.3. The van der Waals surface area contributed by atoms with Gasteiger partial charge in [0.1, 0.15) is 0 Å². The zero-order valence-electron chi connectivity index (χ0n) is 15.7. The summed E-state index contributed by atoms with van der Waals surface area (Å²) < 4.78 is 10.6. The number of nitrogens with zero attached hydrogens (tertiary/aromatic N) is 3. The first-order valence-corrected chi connectivity index (χ1v) is 9.43. The molecule has 0 radical (unpaired) electrons. The van der Waals surface area contributed by atoms with Crippen molar-refractivity contribution in [3.05, 3.63) is 78.3 Å².